The van der Waals surface area contributed by atoms with E-state index in [1.165, 1.54) is 17.4 Å². The lowest BCUT2D eigenvalue weighted by Crippen LogP contribution is -2.34. The van der Waals surface area contributed by atoms with Gasteiger partial charge in [-0.3, -0.25) is 0 Å². The highest BCUT2D eigenvalue weighted by Crippen LogP contribution is 2.33. The number of sulfone groups is 1. The van der Waals surface area contributed by atoms with Crippen molar-refractivity contribution in [3.8, 4) is 10.6 Å². The molecule has 0 radical (unpaired) electrons. The third-order valence-corrected chi connectivity index (χ3v) is 7.31. The van der Waals surface area contributed by atoms with Crippen LogP contribution < -0.4 is 10.6 Å². The molecule has 2 aromatic heterocycles. The molecule has 3 N–H and O–H groups in total. The molecule has 0 aliphatic carbocycles. The average molecular weight is 530 g/mol. The van der Waals surface area contributed by atoms with E-state index in [9.17, 15) is 21.6 Å². The van der Waals surface area contributed by atoms with Gasteiger partial charge in [0.25, 0.3) is 0 Å². The van der Waals surface area contributed by atoms with Gasteiger partial charge in [0.1, 0.15) is 5.01 Å². The van der Waals surface area contributed by atoms with Crippen molar-refractivity contribution in [2.24, 2.45) is 5.92 Å². The van der Waals surface area contributed by atoms with Crippen LogP contribution in [-0.4, -0.2) is 47.3 Å². The molecule has 8 nitrogen and oxygen atoms in total. The first kappa shape index (κ1) is 26.8. The van der Waals surface area contributed by atoms with Crippen LogP contribution in [0.15, 0.2) is 34.7 Å². The SMILES string of the molecule is Cc1csc(-c2ccc(NC[C@H](Nc3ncc(CO)c(C(F)(F)F)n3)C(C)C)cc2S(C)(=O)=O)n1. The number of nitrogens with one attached hydrogen (secondary N) is 2. The molecule has 0 spiro atoms. The van der Waals surface area contributed by atoms with Gasteiger partial charge in [-0.25, -0.2) is 23.4 Å². The zero-order valence-electron chi connectivity index (χ0n) is 19.5. The molecule has 13 heteroatoms. The standard InChI is InChI=1S/C22H26F3N5O3S2/c1-12(2)17(29-21-27-8-14(10-31)19(30-21)22(23,24)25)9-26-15-5-6-16(18(7-15)35(4,32)33)20-28-13(3)11-34-20/h5-8,11-12,17,26,31H,9-10H2,1-4H3,(H,27,29,30)/t17-/m0/s1. The fraction of sp³-hybridized carbons (Fsp3) is 0.409. The number of thiazole rings is 1. The summed E-state index contributed by atoms with van der Waals surface area (Å²) in [5, 5.41) is 17.7. The lowest BCUT2D eigenvalue weighted by molar-refractivity contribution is -0.142. The summed E-state index contributed by atoms with van der Waals surface area (Å²) in [6, 6.07) is 4.54. The van der Waals surface area contributed by atoms with E-state index in [0.29, 0.717) is 16.3 Å². The second-order valence-electron chi connectivity index (χ2n) is 8.38. The third kappa shape index (κ3) is 6.67. The summed E-state index contributed by atoms with van der Waals surface area (Å²) in [6.07, 6.45) is -2.66. The number of alkyl halides is 3. The van der Waals surface area contributed by atoms with Crippen LogP contribution in [-0.2, 0) is 22.6 Å². The Labute approximate surface area is 205 Å². The Hall–Kier alpha value is -2.77. The second-order valence-corrected chi connectivity index (χ2v) is 11.2. The molecule has 0 saturated heterocycles. The summed E-state index contributed by atoms with van der Waals surface area (Å²) < 4.78 is 64.7. The quantitative estimate of drug-likeness (QED) is 0.374. The van der Waals surface area contributed by atoms with Crippen molar-refractivity contribution in [3.05, 3.63) is 46.7 Å². The lowest BCUT2D eigenvalue weighted by Gasteiger charge is -2.24. The average Bonchev–Trinajstić information content (AvgIpc) is 3.21. The minimum Gasteiger partial charge on any atom is -0.392 e. The normalized spacial score (nSPS) is 13.2. The van der Waals surface area contributed by atoms with Gasteiger partial charge in [-0.1, -0.05) is 13.8 Å². The first-order chi connectivity index (χ1) is 16.3. The van der Waals surface area contributed by atoms with E-state index < -0.39 is 33.9 Å². The first-order valence-corrected chi connectivity index (χ1v) is 13.4. The highest BCUT2D eigenvalue weighted by Gasteiger charge is 2.36. The predicted molar refractivity (Wildman–Crippen MR) is 129 cm³/mol. The Morgan fingerprint density at radius 3 is 2.46 bits per heavy atom. The number of rotatable bonds is 9. The lowest BCUT2D eigenvalue weighted by atomic mass is 10.0. The van der Waals surface area contributed by atoms with Crippen LogP contribution in [0.1, 0.15) is 30.8 Å². The summed E-state index contributed by atoms with van der Waals surface area (Å²) in [5.41, 5.74) is 0.222. The fourth-order valence-electron chi connectivity index (χ4n) is 3.28. The molecule has 0 aliphatic rings. The third-order valence-electron chi connectivity index (χ3n) is 5.18. The Balaban J connectivity index is 1.83. The highest BCUT2D eigenvalue weighted by molar-refractivity contribution is 7.90. The van der Waals surface area contributed by atoms with Crippen molar-refractivity contribution >= 4 is 32.8 Å². The van der Waals surface area contributed by atoms with Gasteiger partial charge >= 0.3 is 6.18 Å². The Kier molecular flexibility index (Phi) is 8.02. The van der Waals surface area contributed by atoms with Crippen LogP contribution in [0.2, 0.25) is 0 Å². The van der Waals surface area contributed by atoms with E-state index in [1.54, 1.807) is 12.1 Å². The van der Waals surface area contributed by atoms with Gasteiger partial charge in [0.05, 0.1) is 11.5 Å². The molecule has 3 rings (SSSR count). The number of benzene rings is 1. The van der Waals surface area contributed by atoms with Crippen molar-refractivity contribution < 1.29 is 26.7 Å². The number of aliphatic hydroxyl groups is 1. The van der Waals surface area contributed by atoms with E-state index in [2.05, 4.69) is 25.6 Å². The minimum atomic E-state index is -4.73. The van der Waals surface area contributed by atoms with E-state index in [4.69, 9.17) is 5.11 Å². The number of halogens is 3. The maximum absolute atomic E-state index is 13.3. The first-order valence-electron chi connectivity index (χ1n) is 10.6. The largest absolute Gasteiger partial charge is 0.433 e. The van der Waals surface area contributed by atoms with E-state index >= 15 is 0 Å². The number of hydrogen-bond acceptors (Lipinski definition) is 9. The zero-order chi connectivity index (χ0) is 26.0. The van der Waals surface area contributed by atoms with E-state index in [-0.39, 0.29) is 29.3 Å². The highest BCUT2D eigenvalue weighted by atomic mass is 32.2. The second kappa shape index (κ2) is 10.5. The summed E-state index contributed by atoms with van der Waals surface area (Å²) in [7, 11) is -3.56. The molecular formula is C22H26F3N5O3S2. The van der Waals surface area contributed by atoms with Crippen molar-refractivity contribution in [1.82, 2.24) is 15.0 Å². The molecule has 190 valence electrons. The molecule has 1 aromatic carbocycles. The topological polar surface area (TPSA) is 117 Å². The monoisotopic (exact) mass is 529 g/mol. The molecule has 0 unspecified atom stereocenters. The number of aryl methyl sites for hydroxylation is 1. The van der Waals surface area contributed by atoms with Crippen LogP contribution >= 0.6 is 11.3 Å². The molecule has 1 atom stereocenters. The van der Waals surface area contributed by atoms with Gasteiger partial charge in [0.2, 0.25) is 5.95 Å². The summed E-state index contributed by atoms with van der Waals surface area (Å²) >= 11 is 1.35. The molecule has 2 heterocycles. The Morgan fingerprint density at radius 2 is 1.91 bits per heavy atom. The fourth-order valence-corrected chi connectivity index (χ4v) is 5.08. The van der Waals surface area contributed by atoms with Crippen molar-refractivity contribution in [2.45, 2.75) is 44.5 Å². The van der Waals surface area contributed by atoms with Crippen molar-refractivity contribution in [3.63, 3.8) is 0 Å². The van der Waals surface area contributed by atoms with Gasteiger partial charge in [-0.15, -0.1) is 11.3 Å². The van der Waals surface area contributed by atoms with Gasteiger partial charge < -0.3 is 15.7 Å². The van der Waals surface area contributed by atoms with Crippen molar-refractivity contribution in [1.29, 1.82) is 0 Å². The molecule has 0 fully saturated rings. The predicted octanol–water partition coefficient (Wildman–Crippen LogP) is 4.37. The molecule has 0 aliphatic heterocycles. The minimum absolute atomic E-state index is 0.0371. The molecule has 0 saturated carbocycles. The van der Waals surface area contributed by atoms with E-state index in [1.807, 2.05) is 26.2 Å². The summed E-state index contributed by atoms with van der Waals surface area (Å²) in [6.45, 7) is 5.00. The van der Waals surface area contributed by atoms with Gasteiger partial charge in [-0.2, -0.15) is 13.2 Å². The number of nitrogens with zero attached hydrogens (tertiary/aromatic N) is 3. The smallest absolute Gasteiger partial charge is 0.392 e. The molecule has 0 amide bonds. The van der Waals surface area contributed by atoms with Crippen LogP contribution in [0.4, 0.5) is 24.8 Å². The molecule has 35 heavy (non-hydrogen) atoms. The maximum Gasteiger partial charge on any atom is 0.433 e. The molecule has 3 aromatic rings. The Morgan fingerprint density at radius 1 is 1.20 bits per heavy atom. The zero-order valence-corrected chi connectivity index (χ0v) is 21.1. The van der Waals surface area contributed by atoms with Crippen LogP contribution in [0.5, 0.6) is 0 Å². The van der Waals surface area contributed by atoms with E-state index in [0.717, 1.165) is 18.1 Å². The van der Waals surface area contributed by atoms with Crippen LogP contribution in [0.3, 0.4) is 0 Å². The van der Waals surface area contributed by atoms with Crippen LogP contribution in [0, 0.1) is 12.8 Å². The summed E-state index contributed by atoms with van der Waals surface area (Å²) in [4.78, 5) is 12.0. The van der Waals surface area contributed by atoms with Gasteiger partial charge in [0.15, 0.2) is 15.5 Å². The number of hydrogen-bond donors (Lipinski definition) is 3. The number of aromatic nitrogens is 3. The van der Waals surface area contributed by atoms with Crippen molar-refractivity contribution in [2.75, 3.05) is 23.4 Å². The molecular weight excluding hydrogens is 503 g/mol. The van der Waals surface area contributed by atoms with Crippen LogP contribution in [0.25, 0.3) is 10.6 Å². The Bertz CT molecular complexity index is 1290. The van der Waals surface area contributed by atoms with Gasteiger partial charge in [-0.05, 0) is 31.0 Å². The molecule has 0 bridgehead atoms. The summed E-state index contributed by atoms with van der Waals surface area (Å²) in [5.74, 6) is -0.258. The maximum atomic E-state index is 13.3. The van der Waals surface area contributed by atoms with Gasteiger partial charge in [0, 0.05) is 52.9 Å². The number of anilines is 2. The number of aliphatic hydroxyl groups excluding tert-OH is 1.